The van der Waals surface area contributed by atoms with E-state index in [9.17, 15) is 9.59 Å². The number of hydrogen-bond acceptors (Lipinski definition) is 2. The maximum absolute atomic E-state index is 11.1. The van der Waals surface area contributed by atoms with E-state index in [-0.39, 0.29) is 17.9 Å². The fourth-order valence-electron chi connectivity index (χ4n) is 1.66. The van der Waals surface area contributed by atoms with Crippen LogP contribution in [0.3, 0.4) is 0 Å². The fraction of sp³-hybridized carbons (Fsp3) is 0.778. The third kappa shape index (κ3) is 2.32. The van der Waals surface area contributed by atoms with Crippen LogP contribution in [0.25, 0.3) is 0 Å². The zero-order chi connectivity index (χ0) is 9.14. The number of ketones is 1. The standard InChI is InChI=1S/C9H15NO2/c1-6-5-8(10-7(2)11)3-4-9(6)12/h6,8H,3-5H2,1-2H3,(H,10,11). The van der Waals surface area contributed by atoms with E-state index in [4.69, 9.17) is 0 Å². The van der Waals surface area contributed by atoms with Crippen molar-refractivity contribution in [2.45, 2.75) is 39.2 Å². The Balaban J connectivity index is 2.40. The molecule has 0 heterocycles. The summed E-state index contributed by atoms with van der Waals surface area (Å²) in [5.41, 5.74) is 0. The molecular weight excluding hydrogens is 154 g/mol. The van der Waals surface area contributed by atoms with Crippen molar-refractivity contribution in [2.24, 2.45) is 5.92 Å². The predicted molar refractivity (Wildman–Crippen MR) is 45.6 cm³/mol. The topological polar surface area (TPSA) is 46.2 Å². The minimum Gasteiger partial charge on any atom is -0.354 e. The zero-order valence-corrected chi connectivity index (χ0v) is 7.59. The van der Waals surface area contributed by atoms with Crippen molar-refractivity contribution < 1.29 is 9.59 Å². The number of carbonyl (C=O) groups is 2. The Morgan fingerprint density at radius 2 is 2.25 bits per heavy atom. The molecule has 3 heteroatoms. The first-order valence-corrected chi connectivity index (χ1v) is 4.39. The lowest BCUT2D eigenvalue weighted by molar-refractivity contribution is -0.126. The Hall–Kier alpha value is -0.860. The van der Waals surface area contributed by atoms with Gasteiger partial charge in [-0.3, -0.25) is 9.59 Å². The van der Waals surface area contributed by atoms with Gasteiger partial charge in [-0.25, -0.2) is 0 Å². The number of carbonyl (C=O) groups excluding carboxylic acids is 2. The lowest BCUT2D eigenvalue weighted by Gasteiger charge is -2.25. The Bertz CT molecular complexity index is 201. The summed E-state index contributed by atoms with van der Waals surface area (Å²) in [6.07, 6.45) is 2.23. The summed E-state index contributed by atoms with van der Waals surface area (Å²) < 4.78 is 0. The molecule has 0 bridgehead atoms. The smallest absolute Gasteiger partial charge is 0.217 e. The van der Waals surface area contributed by atoms with Crippen molar-refractivity contribution in [1.29, 1.82) is 0 Å². The largest absolute Gasteiger partial charge is 0.354 e. The molecule has 1 saturated carbocycles. The summed E-state index contributed by atoms with van der Waals surface area (Å²) in [6.45, 7) is 3.44. The van der Waals surface area contributed by atoms with Crippen molar-refractivity contribution >= 4 is 11.7 Å². The van der Waals surface area contributed by atoms with Gasteiger partial charge >= 0.3 is 0 Å². The Labute approximate surface area is 72.5 Å². The molecule has 68 valence electrons. The summed E-state index contributed by atoms with van der Waals surface area (Å²) in [6, 6.07) is 0.218. The number of nitrogens with one attached hydrogen (secondary N) is 1. The van der Waals surface area contributed by atoms with Crippen molar-refractivity contribution in [3.63, 3.8) is 0 Å². The Kier molecular flexibility index (Phi) is 2.84. The van der Waals surface area contributed by atoms with Gasteiger partial charge in [-0.05, 0) is 12.8 Å². The van der Waals surface area contributed by atoms with Gasteiger partial charge in [-0.15, -0.1) is 0 Å². The van der Waals surface area contributed by atoms with E-state index in [1.807, 2.05) is 6.92 Å². The van der Waals surface area contributed by atoms with Crippen molar-refractivity contribution in [1.82, 2.24) is 5.32 Å². The maximum atomic E-state index is 11.1. The second-order valence-electron chi connectivity index (χ2n) is 3.54. The molecule has 1 aliphatic carbocycles. The van der Waals surface area contributed by atoms with Crippen LogP contribution in [-0.2, 0) is 9.59 Å². The first-order chi connectivity index (χ1) is 5.59. The number of Topliss-reactive ketones (excluding diaryl/α,β-unsaturated/α-hetero) is 1. The fourth-order valence-corrected chi connectivity index (χ4v) is 1.66. The van der Waals surface area contributed by atoms with Crippen LogP contribution in [0.2, 0.25) is 0 Å². The predicted octanol–water partition coefficient (Wildman–Crippen LogP) is 0.880. The monoisotopic (exact) mass is 169 g/mol. The highest BCUT2D eigenvalue weighted by molar-refractivity contribution is 5.82. The van der Waals surface area contributed by atoms with E-state index >= 15 is 0 Å². The van der Waals surface area contributed by atoms with E-state index < -0.39 is 0 Å². The minimum absolute atomic E-state index is 0.00143. The first-order valence-electron chi connectivity index (χ1n) is 4.39. The van der Waals surface area contributed by atoms with E-state index in [1.165, 1.54) is 6.92 Å². The van der Waals surface area contributed by atoms with Gasteiger partial charge in [0.25, 0.3) is 0 Å². The van der Waals surface area contributed by atoms with Crippen LogP contribution >= 0.6 is 0 Å². The van der Waals surface area contributed by atoms with Crippen molar-refractivity contribution in [3.05, 3.63) is 0 Å². The molecule has 2 atom stereocenters. The van der Waals surface area contributed by atoms with Crippen molar-refractivity contribution in [2.75, 3.05) is 0 Å². The van der Waals surface area contributed by atoms with Gasteiger partial charge in [0.2, 0.25) is 5.91 Å². The van der Waals surface area contributed by atoms with E-state index in [0.717, 1.165) is 12.8 Å². The molecule has 2 unspecified atom stereocenters. The maximum Gasteiger partial charge on any atom is 0.217 e. The van der Waals surface area contributed by atoms with Gasteiger partial charge < -0.3 is 5.32 Å². The molecule has 1 amide bonds. The third-order valence-corrected chi connectivity index (χ3v) is 2.33. The second kappa shape index (κ2) is 3.70. The number of hydrogen-bond donors (Lipinski definition) is 1. The van der Waals surface area contributed by atoms with E-state index in [0.29, 0.717) is 12.2 Å². The van der Waals surface area contributed by atoms with Gasteiger partial charge in [0.15, 0.2) is 0 Å². The van der Waals surface area contributed by atoms with Crippen LogP contribution in [0.15, 0.2) is 0 Å². The molecule has 1 aliphatic rings. The summed E-state index contributed by atoms with van der Waals surface area (Å²) in [5, 5.41) is 2.84. The molecular formula is C9H15NO2. The molecule has 0 radical (unpaired) electrons. The molecule has 0 aromatic heterocycles. The summed E-state index contributed by atoms with van der Waals surface area (Å²) in [5.74, 6) is 0.453. The summed E-state index contributed by atoms with van der Waals surface area (Å²) in [4.78, 5) is 21.8. The normalized spacial score (nSPS) is 30.0. The quantitative estimate of drug-likeness (QED) is 0.633. The average Bonchev–Trinajstić information content (AvgIpc) is 1.96. The van der Waals surface area contributed by atoms with Crippen LogP contribution in [0.4, 0.5) is 0 Å². The molecule has 0 aromatic rings. The van der Waals surface area contributed by atoms with Crippen LogP contribution in [0, 0.1) is 5.92 Å². The molecule has 1 fully saturated rings. The van der Waals surface area contributed by atoms with Crippen LogP contribution in [0.1, 0.15) is 33.1 Å². The molecule has 0 aromatic carbocycles. The number of rotatable bonds is 1. The second-order valence-corrected chi connectivity index (χ2v) is 3.54. The molecule has 1 N–H and O–H groups in total. The molecule has 0 aliphatic heterocycles. The Morgan fingerprint density at radius 1 is 1.58 bits per heavy atom. The third-order valence-electron chi connectivity index (χ3n) is 2.33. The number of amides is 1. The Morgan fingerprint density at radius 3 is 2.75 bits per heavy atom. The van der Waals surface area contributed by atoms with E-state index in [1.54, 1.807) is 0 Å². The first kappa shape index (κ1) is 9.23. The molecule has 1 rings (SSSR count). The SMILES string of the molecule is CC(=O)NC1CCC(=O)C(C)C1. The summed E-state index contributed by atoms with van der Waals surface area (Å²) >= 11 is 0. The molecule has 0 saturated heterocycles. The highest BCUT2D eigenvalue weighted by Gasteiger charge is 2.25. The van der Waals surface area contributed by atoms with Crippen LogP contribution in [0.5, 0.6) is 0 Å². The van der Waals surface area contributed by atoms with Crippen LogP contribution < -0.4 is 5.32 Å². The lowest BCUT2D eigenvalue weighted by Crippen LogP contribution is -2.39. The van der Waals surface area contributed by atoms with Gasteiger partial charge in [0, 0.05) is 25.3 Å². The lowest BCUT2D eigenvalue weighted by atomic mass is 9.86. The van der Waals surface area contributed by atoms with Gasteiger partial charge in [-0.1, -0.05) is 6.92 Å². The zero-order valence-electron chi connectivity index (χ0n) is 7.59. The van der Waals surface area contributed by atoms with Gasteiger partial charge in [0.05, 0.1) is 0 Å². The minimum atomic E-state index is 0.00143. The van der Waals surface area contributed by atoms with Crippen LogP contribution in [-0.4, -0.2) is 17.7 Å². The van der Waals surface area contributed by atoms with Gasteiger partial charge in [-0.2, -0.15) is 0 Å². The average molecular weight is 169 g/mol. The highest BCUT2D eigenvalue weighted by atomic mass is 16.1. The molecule has 12 heavy (non-hydrogen) atoms. The van der Waals surface area contributed by atoms with E-state index in [2.05, 4.69) is 5.32 Å². The van der Waals surface area contributed by atoms with Gasteiger partial charge in [0.1, 0.15) is 5.78 Å². The molecule has 3 nitrogen and oxygen atoms in total. The van der Waals surface area contributed by atoms with Crippen molar-refractivity contribution in [3.8, 4) is 0 Å². The molecule has 0 spiro atoms. The summed E-state index contributed by atoms with van der Waals surface area (Å²) in [7, 11) is 0. The highest BCUT2D eigenvalue weighted by Crippen LogP contribution is 2.20.